The summed E-state index contributed by atoms with van der Waals surface area (Å²) >= 11 is 0. The summed E-state index contributed by atoms with van der Waals surface area (Å²) in [5.74, 6) is 0. The van der Waals surface area contributed by atoms with E-state index in [1.165, 1.54) is 0 Å². The van der Waals surface area contributed by atoms with Crippen LogP contribution in [0, 0.1) is 0 Å². The topological polar surface area (TPSA) is 167 Å². The van der Waals surface area contributed by atoms with Crippen LogP contribution in [0.5, 0.6) is 0 Å². The van der Waals surface area contributed by atoms with E-state index in [4.69, 9.17) is 9.84 Å². The van der Waals surface area contributed by atoms with Crippen molar-refractivity contribution in [3.63, 3.8) is 0 Å². The van der Waals surface area contributed by atoms with E-state index in [0.29, 0.717) is 0 Å². The summed E-state index contributed by atoms with van der Waals surface area (Å²) in [7, 11) is 0. The molecule has 11 heteroatoms. The molecule has 0 amide bonds. The summed E-state index contributed by atoms with van der Waals surface area (Å²) in [5.41, 5.74) is -0.534. The molecule has 0 saturated carbocycles. The highest BCUT2D eigenvalue weighted by Gasteiger charge is 2.45. The van der Waals surface area contributed by atoms with Gasteiger partial charge in [0.15, 0.2) is 17.4 Å². The summed E-state index contributed by atoms with van der Waals surface area (Å²) < 4.78 is 6.34. The van der Waals surface area contributed by atoms with Crippen LogP contribution >= 0.6 is 0 Å². The van der Waals surface area contributed by atoms with Crippen molar-refractivity contribution < 1.29 is 25.2 Å². The fraction of sp³-hybridized carbons (Fsp3) is 0.600. The van der Waals surface area contributed by atoms with Gasteiger partial charge in [-0.1, -0.05) is 5.21 Å². The maximum atomic E-state index is 11.5. The summed E-state index contributed by atoms with van der Waals surface area (Å²) in [6.07, 6.45) is -5.77. The molecule has 0 radical (unpaired) electrons. The number of aromatic nitrogens is 5. The van der Waals surface area contributed by atoms with Crippen molar-refractivity contribution >= 4 is 11.2 Å². The number of ether oxygens (including phenoxy) is 1. The highest BCUT2D eigenvalue weighted by atomic mass is 16.6. The predicted octanol–water partition coefficient (Wildman–Crippen LogP) is -3.51. The van der Waals surface area contributed by atoms with Crippen LogP contribution in [0.3, 0.4) is 0 Å². The molecule has 0 spiro atoms. The molecule has 11 nitrogen and oxygen atoms in total. The third kappa shape index (κ3) is 2.11. The first-order chi connectivity index (χ1) is 10.0. The van der Waals surface area contributed by atoms with E-state index in [1.807, 2.05) is 0 Å². The monoisotopic (exact) mass is 299 g/mol. The molecule has 1 unspecified atom stereocenters. The smallest absolute Gasteiger partial charge is 0.280 e. The van der Waals surface area contributed by atoms with Crippen LogP contribution in [0.4, 0.5) is 0 Å². The number of nitrogens with zero attached hydrogens (tertiary/aromatic N) is 4. The summed E-state index contributed by atoms with van der Waals surface area (Å²) in [5, 5.41) is 45.9. The average Bonchev–Trinajstić information content (AvgIpc) is 2.91. The standard InChI is InChI=1S/C10H13N5O6/c16-1-3-5(17)6(18)7(19)10(21-3)15-8-4(13-14-15)9(20)12-2-11-8/h2-3,5-7,10,16-19H,1H2,(H,11,12,20)/t3?,5-,6+,7+,10+/m1/s1. The van der Waals surface area contributed by atoms with Gasteiger partial charge in [-0.2, -0.15) is 4.68 Å². The van der Waals surface area contributed by atoms with Gasteiger partial charge in [-0.15, -0.1) is 5.10 Å². The zero-order valence-corrected chi connectivity index (χ0v) is 10.6. The third-order valence-corrected chi connectivity index (χ3v) is 3.38. The van der Waals surface area contributed by atoms with Gasteiger partial charge >= 0.3 is 0 Å². The van der Waals surface area contributed by atoms with Crippen LogP contribution in [0.15, 0.2) is 11.1 Å². The molecular formula is C10H13N5O6. The van der Waals surface area contributed by atoms with Crippen LogP contribution in [-0.4, -0.2) is 76.4 Å². The molecule has 3 heterocycles. The molecule has 0 aromatic carbocycles. The number of H-pyrrole nitrogens is 1. The molecular weight excluding hydrogens is 286 g/mol. The van der Waals surface area contributed by atoms with Gasteiger partial charge < -0.3 is 30.1 Å². The van der Waals surface area contributed by atoms with Gasteiger partial charge in [-0.3, -0.25) is 4.79 Å². The number of aromatic amines is 1. The molecule has 2 aromatic heterocycles. The van der Waals surface area contributed by atoms with Gasteiger partial charge in [0.25, 0.3) is 5.56 Å². The summed E-state index contributed by atoms with van der Waals surface area (Å²) in [6.45, 7) is -0.567. The van der Waals surface area contributed by atoms with Crippen LogP contribution in [-0.2, 0) is 4.74 Å². The zero-order chi connectivity index (χ0) is 15.1. The molecule has 1 fully saturated rings. The van der Waals surface area contributed by atoms with Crippen molar-refractivity contribution in [3.8, 4) is 0 Å². The Morgan fingerprint density at radius 3 is 2.76 bits per heavy atom. The Bertz CT molecular complexity index is 699. The lowest BCUT2D eigenvalue weighted by Gasteiger charge is -2.39. The van der Waals surface area contributed by atoms with Crippen molar-refractivity contribution in [2.24, 2.45) is 0 Å². The number of fused-ring (bicyclic) bond motifs is 1. The van der Waals surface area contributed by atoms with Crippen LogP contribution in [0.25, 0.3) is 11.2 Å². The minimum atomic E-state index is -1.55. The second-order valence-electron chi connectivity index (χ2n) is 4.66. The van der Waals surface area contributed by atoms with Gasteiger partial charge in [0.1, 0.15) is 24.4 Å². The van der Waals surface area contributed by atoms with E-state index in [0.717, 1.165) is 11.0 Å². The SMILES string of the molecule is O=c1[nH]cnc2c1nnn2[C@H]1OC(CO)[C@@H](O)[C@H](O)[C@@H]1O. The Morgan fingerprint density at radius 2 is 2.05 bits per heavy atom. The number of hydrogen-bond acceptors (Lipinski definition) is 9. The largest absolute Gasteiger partial charge is 0.394 e. The Labute approximate surface area is 116 Å². The molecule has 21 heavy (non-hydrogen) atoms. The third-order valence-electron chi connectivity index (χ3n) is 3.38. The van der Waals surface area contributed by atoms with E-state index >= 15 is 0 Å². The number of nitrogens with one attached hydrogen (secondary N) is 1. The minimum Gasteiger partial charge on any atom is -0.394 e. The molecule has 114 valence electrons. The highest BCUT2D eigenvalue weighted by molar-refractivity contribution is 5.67. The summed E-state index contributed by atoms with van der Waals surface area (Å²) in [4.78, 5) is 17.8. The predicted molar refractivity (Wildman–Crippen MR) is 65.0 cm³/mol. The van der Waals surface area contributed by atoms with Crippen molar-refractivity contribution in [2.45, 2.75) is 30.6 Å². The van der Waals surface area contributed by atoms with Gasteiger partial charge in [-0.25, -0.2) is 4.98 Å². The lowest BCUT2D eigenvalue weighted by molar-refractivity contribution is -0.253. The number of hydrogen-bond donors (Lipinski definition) is 5. The van der Waals surface area contributed by atoms with Crippen LogP contribution in [0.2, 0.25) is 0 Å². The Hall–Kier alpha value is -1.92. The van der Waals surface area contributed by atoms with Crippen molar-refractivity contribution in [1.82, 2.24) is 25.0 Å². The van der Waals surface area contributed by atoms with E-state index < -0.39 is 42.8 Å². The highest BCUT2D eigenvalue weighted by Crippen LogP contribution is 2.28. The molecule has 0 aliphatic carbocycles. The van der Waals surface area contributed by atoms with Crippen molar-refractivity contribution in [2.75, 3.05) is 6.61 Å². The second-order valence-corrected chi connectivity index (χ2v) is 4.66. The van der Waals surface area contributed by atoms with Gasteiger partial charge in [0.05, 0.1) is 12.9 Å². The van der Waals surface area contributed by atoms with Crippen molar-refractivity contribution in [1.29, 1.82) is 0 Å². The number of rotatable bonds is 2. The molecule has 5 atom stereocenters. The van der Waals surface area contributed by atoms with E-state index in [-0.39, 0.29) is 11.2 Å². The minimum absolute atomic E-state index is 0.0445. The Morgan fingerprint density at radius 1 is 1.29 bits per heavy atom. The van der Waals surface area contributed by atoms with Crippen molar-refractivity contribution in [3.05, 3.63) is 16.7 Å². The summed E-state index contributed by atoms with van der Waals surface area (Å²) in [6, 6.07) is 0. The maximum Gasteiger partial charge on any atom is 0.280 e. The van der Waals surface area contributed by atoms with Gasteiger partial charge in [0, 0.05) is 0 Å². The maximum absolute atomic E-state index is 11.5. The number of aliphatic hydroxyl groups is 4. The second kappa shape index (κ2) is 5.13. The van der Waals surface area contributed by atoms with Gasteiger partial charge in [0.2, 0.25) is 0 Å². The lowest BCUT2D eigenvalue weighted by atomic mass is 9.98. The first-order valence-corrected chi connectivity index (χ1v) is 6.13. The average molecular weight is 299 g/mol. The van der Waals surface area contributed by atoms with Crippen LogP contribution < -0.4 is 5.56 Å². The molecule has 0 bridgehead atoms. The molecule has 1 saturated heterocycles. The first kappa shape index (κ1) is 14.0. The Balaban J connectivity index is 2.05. The normalized spacial score (nSPS) is 33.4. The molecule has 1 aliphatic heterocycles. The van der Waals surface area contributed by atoms with Gasteiger partial charge in [-0.05, 0) is 0 Å². The van der Waals surface area contributed by atoms with E-state index in [1.54, 1.807) is 0 Å². The van der Waals surface area contributed by atoms with Crippen LogP contribution in [0.1, 0.15) is 6.23 Å². The molecule has 3 rings (SSSR count). The fourth-order valence-electron chi connectivity index (χ4n) is 2.23. The quantitative estimate of drug-likeness (QED) is 0.377. The van der Waals surface area contributed by atoms with E-state index in [9.17, 15) is 20.1 Å². The molecule has 2 aromatic rings. The first-order valence-electron chi connectivity index (χ1n) is 6.13. The fourth-order valence-corrected chi connectivity index (χ4v) is 2.23. The molecule has 5 N–H and O–H groups in total. The lowest BCUT2D eigenvalue weighted by Crippen LogP contribution is -2.56. The Kier molecular flexibility index (Phi) is 3.43. The zero-order valence-electron chi connectivity index (χ0n) is 10.6. The van der Waals surface area contributed by atoms with E-state index in [2.05, 4.69) is 20.3 Å². The molecule has 1 aliphatic rings. The number of aliphatic hydroxyl groups excluding tert-OH is 4.